The first-order valence-electron chi connectivity index (χ1n) is 5.37. The summed E-state index contributed by atoms with van der Waals surface area (Å²) in [5, 5.41) is -0.0462. The molecule has 0 atom stereocenters. The minimum Gasteiger partial charge on any atom is -0.447 e. The summed E-state index contributed by atoms with van der Waals surface area (Å²) >= 11 is 5.58. The standard InChI is InChI=1S/C10H14ClNO4S/c11-8-9-2-3-10(16-9)17(13,14)12-4-1-6-15-7-5-12/h2-3H,1,4-8H2. The predicted octanol–water partition coefficient (Wildman–Crippen LogP) is 1.43. The van der Waals surface area contributed by atoms with Crippen LogP contribution in [0, 0.1) is 0 Å². The van der Waals surface area contributed by atoms with Gasteiger partial charge >= 0.3 is 0 Å². The first kappa shape index (κ1) is 12.9. The molecule has 1 aromatic heterocycles. The van der Waals surface area contributed by atoms with Gasteiger partial charge in [0, 0.05) is 19.7 Å². The van der Waals surface area contributed by atoms with E-state index in [9.17, 15) is 8.42 Å². The van der Waals surface area contributed by atoms with Crippen LogP contribution in [0.1, 0.15) is 12.2 Å². The molecule has 0 saturated carbocycles. The molecule has 1 aliphatic rings. The Kier molecular flexibility index (Phi) is 4.09. The molecule has 1 fully saturated rings. The number of furan rings is 1. The van der Waals surface area contributed by atoms with Crippen molar-refractivity contribution in [1.29, 1.82) is 0 Å². The molecule has 17 heavy (non-hydrogen) atoms. The summed E-state index contributed by atoms with van der Waals surface area (Å²) in [4.78, 5) is 0. The summed E-state index contributed by atoms with van der Waals surface area (Å²) < 4.78 is 36.2. The zero-order chi connectivity index (χ0) is 12.3. The number of rotatable bonds is 3. The van der Waals surface area contributed by atoms with Gasteiger partial charge in [-0.05, 0) is 18.6 Å². The minimum atomic E-state index is -3.55. The van der Waals surface area contributed by atoms with E-state index in [1.807, 2.05) is 0 Å². The summed E-state index contributed by atoms with van der Waals surface area (Å²) in [6, 6.07) is 3.02. The van der Waals surface area contributed by atoms with Crippen molar-refractivity contribution in [1.82, 2.24) is 4.31 Å². The van der Waals surface area contributed by atoms with E-state index >= 15 is 0 Å². The van der Waals surface area contributed by atoms with Gasteiger partial charge in [-0.1, -0.05) is 0 Å². The van der Waals surface area contributed by atoms with Crippen LogP contribution in [-0.2, 0) is 20.6 Å². The van der Waals surface area contributed by atoms with Crippen molar-refractivity contribution in [3.63, 3.8) is 0 Å². The van der Waals surface area contributed by atoms with Crippen LogP contribution in [0.15, 0.2) is 21.6 Å². The number of hydrogen-bond donors (Lipinski definition) is 0. The highest BCUT2D eigenvalue weighted by atomic mass is 35.5. The Morgan fingerprint density at radius 3 is 2.82 bits per heavy atom. The Labute approximate surface area is 105 Å². The summed E-state index contributed by atoms with van der Waals surface area (Å²) in [5.41, 5.74) is 0. The second-order valence-corrected chi connectivity index (χ2v) is 5.86. The minimum absolute atomic E-state index is 0.0462. The fourth-order valence-corrected chi connectivity index (χ4v) is 3.19. The highest BCUT2D eigenvalue weighted by molar-refractivity contribution is 7.89. The molecule has 0 aromatic carbocycles. The fourth-order valence-electron chi connectivity index (χ4n) is 1.66. The average molecular weight is 280 g/mol. The Bertz CT molecular complexity index is 462. The number of halogens is 1. The third kappa shape index (κ3) is 2.82. The molecule has 0 bridgehead atoms. The summed E-state index contributed by atoms with van der Waals surface area (Å²) in [5.74, 6) is 0.620. The smallest absolute Gasteiger partial charge is 0.276 e. The Morgan fingerprint density at radius 2 is 2.12 bits per heavy atom. The Hall–Kier alpha value is -0.560. The summed E-state index contributed by atoms with van der Waals surface area (Å²) in [6.07, 6.45) is 0.697. The van der Waals surface area contributed by atoms with Crippen LogP contribution in [0.5, 0.6) is 0 Å². The largest absolute Gasteiger partial charge is 0.447 e. The average Bonchev–Trinajstić information content (AvgIpc) is 2.64. The van der Waals surface area contributed by atoms with Gasteiger partial charge in [-0.15, -0.1) is 11.6 Å². The van der Waals surface area contributed by atoms with Crippen LogP contribution in [0.2, 0.25) is 0 Å². The number of hydrogen-bond acceptors (Lipinski definition) is 4. The molecule has 0 radical (unpaired) electrons. The number of nitrogens with zero attached hydrogens (tertiary/aromatic N) is 1. The normalized spacial score (nSPS) is 19.1. The molecule has 0 N–H and O–H groups in total. The predicted molar refractivity (Wildman–Crippen MR) is 62.5 cm³/mol. The summed E-state index contributed by atoms with van der Waals surface area (Å²) in [7, 11) is -3.55. The maximum Gasteiger partial charge on any atom is 0.276 e. The van der Waals surface area contributed by atoms with Gasteiger partial charge < -0.3 is 9.15 Å². The summed E-state index contributed by atoms with van der Waals surface area (Å²) in [6.45, 7) is 1.83. The van der Waals surface area contributed by atoms with Crippen LogP contribution >= 0.6 is 11.6 Å². The first-order valence-corrected chi connectivity index (χ1v) is 7.34. The molecule has 5 nitrogen and oxygen atoms in total. The van der Waals surface area contributed by atoms with Crippen LogP contribution in [0.3, 0.4) is 0 Å². The molecule has 1 saturated heterocycles. The quantitative estimate of drug-likeness (QED) is 0.786. The topological polar surface area (TPSA) is 59.8 Å². The number of alkyl halides is 1. The monoisotopic (exact) mass is 279 g/mol. The molecular weight excluding hydrogens is 266 g/mol. The van der Waals surface area contributed by atoms with Gasteiger partial charge in [-0.25, -0.2) is 8.42 Å². The van der Waals surface area contributed by atoms with E-state index in [-0.39, 0.29) is 11.0 Å². The van der Waals surface area contributed by atoms with E-state index in [0.29, 0.717) is 38.5 Å². The van der Waals surface area contributed by atoms with Crippen molar-refractivity contribution >= 4 is 21.6 Å². The lowest BCUT2D eigenvalue weighted by Crippen LogP contribution is -2.33. The lowest BCUT2D eigenvalue weighted by atomic mass is 10.5. The molecule has 96 valence electrons. The second kappa shape index (κ2) is 5.39. The van der Waals surface area contributed by atoms with Crippen molar-refractivity contribution < 1.29 is 17.6 Å². The van der Waals surface area contributed by atoms with Crippen LogP contribution in [0.4, 0.5) is 0 Å². The highest BCUT2D eigenvalue weighted by Gasteiger charge is 2.28. The third-order valence-corrected chi connectivity index (χ3v) is 4.58. The molecule has 0 spiro atoms. The van der Waals surface area contributed by atoms with Gasteiger partial charge in [-0.3, -0.25) is 0 Å². The van der Waals surface area contributed by atoms with Gasteiger partial charge in [0.05, 0.1) is 12.5 Å². The van der Waals surface area contributed by atoms with Crippen LogP contribution in [0.25, 0.3) is 0 Å². The maximum absolute atomic E-state index is 12.2. The van der Waals surface area contributed by atoms with Crippen LogP contribution < -0.4 is 0 Å². The molecular formula is C10H14ClNO4S. The molecule has 7 heteroatoms. The zero-order valence-corrected chi connectivity index (χ0v) is 10.8. The SMILES string of the molecule is O=S(=O)(c1ccc(CCl)o1)N1CCCOCC1. The zero-order valence-electron chi connectivity index (χ0n) is 9.26. The van der Waals surface area contributed by atoms with Crippen molar-refractivity contribution in [3.05, 3.63) is 17.9 Å². The van der Waals surface area contributed by atoms with Gasteiger partial charge in [0.2, 0.25) is 5.09 Å². The van der Waals surface area contributed by atoms with E-state index in [0.717, 1.165) is 0 Å². The molecule has 2 rings (SSSR count). The van der Waals surface area contributed by atoms with Crippen LogP contribution in [-0.4, -0.2) is 39.0 Å². The van der Waals surface area contributed by atoms with E-state index < -0.39 is 10.0 Å². The Balaban J connectivity index is 2.22. The van der Waals surface area contributed by atoms with Crippen molar-refractivity contribution in [2.24, 2.45) is 0 Å². The highest BCUT2D eigenvalue weighted by Crippen LogP contribution is 2.20. The van der Waals surface area contributed by atoms with E-state index in [4.69, 9.17) is 20.8 Å². The lowest BCUT2D eigenvalue weighted by molar-refractivity contribution is 0.148. The lowest BCUT2D eigenvalue weighted by Gasteiger charge is -2.17. The van der Waals surface area contributed by atoms with Gasteiger partial charge in [0.15, 0.2) is 0 Å². The van der Waals surface area contributed by atoms with E-state index in [2.05, 4.69) is 0 Å². The van der Waals surface area contributed by atoms with Gasteiger partial charge in [0.25, 0.3) is 10.0 Å². The van der Waals surface area contributed by atoms with Gasteiger partial charge in [-0.2, -0.15) is 4.31 Å². The molecule has 0 aliphatic carbocycles. The van der Waals surface area contributed by atoms with Crippen molar-refractivity contribution in [2.45, 2.75) is 17.4 Å². The number of sulfonamides is 1. The molecule has 1 aromatic rings. The fraction of sp³-hybridized carbons (Fsp3) is 0.600. The van der Waals surface area contributed by atoms with E-state index in [1.54, 1.807) is 6.07 Å². The van der Waals surface area contributed by atoms with Crippen molar-refractivity contribution in [3.8, 4) is 0 Å². The molecule has 0 amide bonds. The molecule has 2 heterocycles. The number of ether oxygens (including phenoxy) is 1. The van der Waals surface area contributed by atoms with E-state index in [1.165, 1.54) is 10.4 Å². The third-order valence-electron chi connectivity index (χ3n) is 2.54. The maximum atomic E-state index is 12.2. The first-order chi connectivity index (χ1) is 8.14. The second-order valence-electron chi connectivity index (χ2n) is 3.72. The molecule has 1 aliphatic heterocycles. The Morgan fingerprint density at radius 1 is 1.29 bits per heavy atom. The van der Waals surface area contributed by atoms with Gasteiger partial charge in [0.1, 0.15) is 5.76 Å². The molecule has 0 unspecified atom stereocenters. The van der Waals surface area contributed by atoms with Crippen molar-refractivity contribution in [2.75, 3.05) is 26.3 Å².